The van der Waals surface area contributed by atoms with Gasteiger partial charge < -0.3 is 25.7 Å². The number of nitrogens with one attached hydrogen (secondary N) is 1. The number of rotatable bonds is 7. The number of ether oxygens (including phenoxy) is 2. The van der Waals surface area contributed by atoms with Crippen LogP contribution in [-0.2, 0) is 0 Å². The number of oxime groups is 1. The summed E-state index contributed by atoms with van der Waals surface area (Å²) in [5.74, 6) is 1.77. The zero-order valence-electron chi connectivity index (χ0n) is 11.8. The average Bonchev–Trinajstić information content (AvgIpc) is 3.24. The molecule has 0 spiro atoms. The molecule has 4 N–H and O–H groups in total. The van der Waals surface area contributed by atoms with E-state index in [-0.39, 0.29) is 11.3 Å². The molecular formula is C14H21N3O3. The minimum atomic E-state index is 0.104. The fourth-order valence-electron chi connectivity index (χ4n) is 2.21. The molecule has 1 fully saturated rings. The lowest BCUT2D eigenvalue weighted by Gasteiger charge is -2.17. The molecule has 1 aliphatic carbocycles. The van der Waals surface area contributed by atoms with E-state index in [2.05, 4.69) is 10.5 Å². The van der Waals surface area contributed by atoms with Crippen LogP contribution in [0.1, 0.15) is 19.3 Å². The van der Waals surface area contributed by atoms with Crippen molar-refractivity contribution in [2.75, 3.05) is 26.1 Å². The van der Waals surface area contributed by atoms with Crippen LogP contribution < -0.4 is 20.5 Å². The van der Waals surface area contributed by atoms with Gasteiger partial charge in [0.2, 0.25) is 0 Å². The monoisotopic (exact) mass is 279 g/mol. The summed E-state index contributed by atoms with van der Waals surface area (Å²) in [5.41, 5.74) is 6.63. The molecule has 110 valence electrons. The summed E-state index contributed by atoms with van der Waals surface area (Å²) in [6.07, 6.45) is 2.77. The Labute approximate surface area is 118 Å². The number of anilines is 1. The summed E-state index contributed by atoms with van der Waals surface area (Å²) >= 11 is 0. The van der Waals surface area contributed by atoms with Gasteiger partial charge in [0, 0.05) is 36.9 Å². The fraction of sp³-hybridized carbons (Fsp3) is 0.500. The van der Waals surface area contributed by atoms with Crippen molar-refractivity contribution >= 4 is 11.5 Å². The van der Waals surface area contributed by atoms with Gasteiger partial charge in [-0.1, -0.05) is 5.16 Å². The van der Waals surface area contributed by atoms with Gasteiger partial charge in [-0.05, 0) is 18.3 Å². The van der Waals surface area contributed by atoms with Gasteiger partial charge in [-0.3, -0.25) is 0 Å². The second-order valence-electron chi connectivity index (χ2n) is 5.22. The molecule has 6 heteroatoms. The molecule has 0 amide bonds. The first kappa shape index (κ1) is 14.3. The van der Waals surface area contributed by atoms with Crippen LogP contribution in [0, 0.1) is 5.41 Å². The minimum Gasteiger partial charge on any atom is -0.497 e. The molecule has 1 saturated carbocycles. The van der Waals surface area contributed by atoms with Gasteiger partial charge in [0.1, 0.15) is 17.3 Å². The summed E-state index contributed by atoms with van der Waals surface area (Å²) < 4.78 is 10.5. The first-order valence-electron chi connectivity index (χ1n) is 6.54. The van der Waals surface area contributed by atoms with Gasteiger partial charge in [-0.25, -0.2) is 0 Å². The summed E-state index contributed by atoms with van der Waals surface area (Å²) in [5, 5.41) is 15.1. The largest absolute Gasteiger partial charge is 0.497 e. The van der Waals surface area contributed by atoms with Gasteiger partial charge in [0.05, 0.1) is 14.2 Å². The van der Waals surface area contributed by atoms with E-state index in [1.54, 1.807) is 14.2 Å². The topological polar surface area (TPSA) is 89.1 Å². The minimum absolute atomic E-state index is 0.104. The van der Waals surface area contributed by atoms with E-state index < -0.39 is 0 Å². The molecule has 20 heavy (non-hydrogen) atoms. The molecule has 1 aliphatic rings. The third-order valence-corrected chi connectivity index (χ3v) is 3.66. The number of benzene rings is 1. The van der Waals surface area contributed by atoms with Crippen molar-refractivity contribution in [2.45, 2.75) is 19.3 Å². The van der Waals surface area contributed by atoms with Gasteiger partial charge in [0.15, 0.2) is 0 Å². The number of amidine groups is 1. The van der Waals surface area contributed by atoms with Crippen molar-refractivity contribution in [3.05, 3.63) is 18.2 Å². The molecule has 0 aliphatic heterocycles. The van der Waals surface area contributed by atoms with Crippen molar-refractivity contribution < 1.29 is 14.7 Å². The van der Waals surface area contributed by atoms with Crippen LogP contribution in [0.2, 0.25) is 0 Å². The number of methoxy groups -OCH3 is 2. The van der Waals surface area contributed by atoms with E-state index in [4.69, 9.17) is 20.4 Å². The van der Waals surface area contributed by atoms with Crippen molar-refractivity contribution in [1.29, 1.82) is 0 Å². The Morgan fingerprint density at radius 3 is 2.35 bits per heavy atom. The standard InChI is InChI=1S/C14H21N3O3/c1-19-11-5-10(6-12(7-11)20-2)16-9-14(3-4-14)8-13(15)17-18/h5-7,16,18H,3-4,8-9H2,1-2H3,(H2,15,17). The Morgan fingerprint density at radius 2 is 1.90 bits per heavy atom. The van der Waals surface area contributed by atoms with Gasteiger partial charge in [-0.15, -0.1) is 0 Å². The molecule has 1 aromatic rings. The summed E-state index contributed by atoms with van der Waals surface area (Å²) in [6.45, 7) is 0.777. The van der Waals surface area contributed by atoms with Crippen LogP contribution in [0.3, 0.4) is 0 Å². The molecular weight excluding hydrogens is 258 g/mol. The first-order valence-corrected chi connectivity index (χ1v) is 6.54. The van der Waals surface area contributed by atoms with E-state index in [0.29, 0.717) is 6.42 Å². The smallest absolute Gasteiger partial charge is 0.139 e. The van der Waals surface area contributed by atoms with Crippen LogP contribution in [0.15, 0.2) is 23.4 Å². The van der Waals surface area contributed by atoms with E-state index in [1.165, 1.54) is 0 Å². The predicted molar refractivity (Wildman–Crippen MR) is 77.7 cm³/mol. The lowest BCUT2D eigenvalue weighted by molar-refractivity contribution is 0.315. The van der Waals surface area contributed by atoms with Crippen LogP contribution in [-0.4, -0.2) is 31.8 Å². The van der Waals surface area contributed by atoms with E-state index in [0.717, 1.165) is 36.6 Å². The van der Waals surface area contributed by atoms with Crippen molar-refractivity contribution in [3.8, 4) is 11.5 Å². The van der Waals surface area contributed by atoms with Gasteiger partial charge in [-0.2, -0.15) is 0 Å². The Bertz CT molecular complexity index is 476. The highest BCUT2D eigenvalue weighted by Gasteiger charge is 2.43. The molecule has 0 heterocycles. The second-order valence-corrected chi connectivity index (χ2v) is 5.22. The molecule has 0 radical (unpaired) electrons. The summed E-state index contributed by atoms with van der Waals surface area (Å²) in [6, 6.07) is 5.67. The molecule has 1 aromatic carbocycles. The van der Waals surface area contributed by atoms with E-state index in [1.807, 2.05) is 18.2 Å². The molecule has 0 aromatic heterocycles. The highest BCUT2D eigenvalue weighted by Crippen LogP contribution is 2.48. The predicted octanol–water partition coefficient (Wildman–Crippen LogP) is 2.03. The fourth-order valence-corrected chi connectivity index (χ4v) is 2.21. The molecule has 0 atom stereocenters. The third-order valence-electron chi connectivity index (χ3n) is 3.66. The number of nitrogens with zero attached hydrogens (tertiary/aromatic N) is 1. The van der Waals surface area contributed by atoms with Gasteiger partial charge >= 0.3 is 0 Å². The average molecular weight is 279 g/mol. The Balaban J connectivity index is 2.00. The molecule has 0 unspecified atom stereocenters. The zero-order valence-corrected chi connectivity index (χ0v) is 11.8. The summed E-state index contributed by atoms with van der Waals surface area (Å²) in [4.78, 5) is 0. The van der Waals surface area contributed by atoms with Crippen molar-refractivity contribution in [2.24, 2.45) is 16.3 Å². The Hall–Kier alpha value is -2.11. The van der Waals surface area contributed by atoms with Crippen LogP contribution in [0.25, 0.3) is 0 Å². The third kappa shape index (κ3) is 3.46. The normalized spacial score (nSPS) is 16.6. The lowest BCUT2D eigenvalue weighted by Crippen LogP contribution is -2.23. The maximum atomic E-state index is 8.66. The number of nitrogens with two attached hydrogens (primary N) is 1. The Morgan fingerprint density at radius 1 is 1.30 bits per heavy atom. The lowest BCUT2D eigenvalue weighted by atomic mass is 10.0. The zero-order chi connectivity index (χ0) is 14.6. The van der Waals surface area contributed by atoms with Crippen molar-refractivity contribution in [3.63, 3.8) is 0 Å². The maximum absolute atomic E-state index is 8.66. The van der Waals surface area contributed by atoms with Crippen LogP contribution in [0.5, 0.6) is 11.5 Å². The highest BCUT2D eigenvalue weighted by molar-refractivity contribution is 5.80. The number of hydrogen-bond acceptors (Lipinski definition) is 5. The maximum Gasteiger partial charge on any atom is 0.139 e. The van der Waals surface area contributed by atoms with Crippen LogP contribution >= 0.6 is 0 Å². The molecule has 0 saturated heterocycles. The summed E-state index contributed by atoms with van der Waals surface area (Å²) in [7, 11) is 3.25. The first-order chi connectivity index (χ1) is 9.60. The Kier molecular flexibility index (Phi) is 4.22. The number of hydrogen-bond donors (Lipinski definition) is 3. The second kappa shape index (κ2) is 5.90. The van der Waals surface area contributed by atoms with Gasteiger partial charge in [0.25, 0.3) is 0 Å². The van der Waals surface area contributed by atoms with Crippen molar-refractivity contribution in [1.82, 2.24) is 0 Å². The van der Waals surface area contributed by atoms with E-state index >= 15 is 0 Å². The highest BCUT2D eigenvalue weighted by atomic mass is 16.5. The molecule has 0 bridgehead atoms. The van der Waals surface area contributed by atoms with Crippen LogP contribution in [0.4, 0.5) is 5.69 Å². The quantitative estimate of drug-likeness (QED) is 0.307. The SMILES string of the molecule is COc1cc(NCC2(CC(N)=NO)CC2)cc(OC)c1. The van der Waals surface area contributed by atoms with E-state index in [9.17, 15) is 0 Å². The molecule has 6 nitrogen and oxygen atoms in total. The molecule has 2 rings (SSSR count).